The summed E-state index contributed by atoms with van der Waals surface area (Å²) in [5.74, 6) is 2.55. The average Bonchev–Trinajstić information content (AvgIpc) is 3.54. The maximum absolute atomic E-state index is 14.1. The summed E-state index contributed by atoms with van der Waals surface area (Å²) in [6.45, 7) is 20.6. The van der Waals surface area contributed by atoms with Gasteiger partial charge in [0.1, 0.15) is 0 Å². The first kappa shape index (κ1) is 36.6. The van der Waals surface area contributed by atoms with Crippen molar-refractivity contribution in [1.82, 2.24) is 19.6 Å². The molecule has 0 amide bonds. The smallest absolute Gasteiger partial charge is 0.300 e. The van der Waals surface area contributed by atoms with Crippen LogP contribution in [0.2, 0.25) is 0 Å². The summed E-state index contributed by atoms with van der Waals surface area (Å²) in [6.07, 6.45) is 17.4. The van der Waals surface area contributed by atoms with E-state index in [2.05, 4.69) is 47.3 Å². The molecule has 286 valence electrons. The lowest BCUT2D eigenvalue weighted by Gasteiger charge is -2.64. The van der Waals surface area contributed by atoms with Gasteiger partial charge in [-0.15, -0.1) is 0 Å². The van der Waals surface area contributed by atoms with E-state index >= 15 is 0 Å². The van der Waals surface area contributed by atoms with Gasteiger partial charge in [0.25, 0.3) is 0 Å². The summed E-state index contributed by atoms with van der Waals surface area (Å²) in [7, 11) is 0. The normalized spacial score (nSPS) is 41.4. The summed E-state index contributed by atoms with van der Waals surface area (Å²) in [5.41, 5.74) is 0.0882. The van der Waals surface area contributed by atoms with E-state index in [1.165, 1.54) is 143 Å². The van der Waals surface area contributed by atoms with Crippen molar-refractivity contribution in [1.29, 1.82) is 0 Å². The largest absolute Gasteiger partial charge is 0.394 e. The zero-order valence-corrected chi connectivity index (χ0v) is 32.7. The molecule has 8 unspecified atom stereocenters. The molecule has 50 heavy (non-hydrogen) atoms. The van der Waals surface area contributed by atoms with Gasteiger partial charge >= 0.3 is 6.18 Å². The molecule has 11 aliphatic rings. The van der Waals surface area contributed by atoms with Crippen molar-refractivity contribution in [2.24, 2.45) is 45.3 Å². The van der Waals surface area contributed by atoms with E-state index in [4.69, 9.17) is 0 Å². The SMILES string of the molecule is CC(C(C)N1CCC2(CCCC2)CC1)C(C1CC2(C)CC(C(C)N3CCC(C)(C(F)(F)F)CC3)C1N1CCC2CC1)N1CCC2(CCC2)CC1. The highest BCUT2D eigenvalue weighted by Crippen LogP contribution is 2.59. The Labute approximate surface area is 304 Å². The second-order valence-electron chi connectivity index (χ2n) is 20.7. The molecule has 8 atom stereocenters. The first-order valence-corrected chi connectivity index (χ1v) is 21.8. The van der Waals surface area contributed by atoms with Crippen LogP contribution in [0, 0.1) is 45.3 Å². The fourth-order valence-electron chi connectivity index (χ4n) is 14.4. The minimum atomic E-state index is -4.11. The van der Waals surface area contributed by atoms with E-state index in [0.717, 1.165) is 5.92 Å². The Bertz CT molecular complexity index is 1160. The minimum absolute atomic E-state index is 0.245. The Hall–Kier alpha value is -0.370. The van der Waals surface area contributed by atoms with Crippen molar-refractivity contribution >= 4 is 0 Å². The molecular weight excluding hydrogens is 629 g/mol. The number of hydrogen-bond donors (Lipinski definition) is 0. The third-order valence-electron chi connectivity index (χ3n) is 18.5. The van der Waals surface area contributed by atoms with E-state index in [9.17, 15) is 13.2 Å². The van der Waals surface area contributed by atoms with Crippen LogP contribution in [0.4, 0.5) is 13.2 Å². The minimum Gasteiger partial charge on any atom is -0.300 e. The summed E-state index contributed by atoms with van der Waals surface area (Å²) in [4.78, 5) is 11.4. The Morgan fingerprint density at radius 3 is 1.60 bits per heavy atom. The number of halogens is 3. The van der Waals surface area contributed by atoms with Crippen LogP contribution in [0.3, 0.4) is 0 Å². The van der Waals surface area contributed by atoms with Crippen molar-refractivity contribution in [3.8, 4) is 0 Å². The summed E-state index contributed by atoms with van der Waals surface area (Å²) in [6, 6.07) is 2.04. The second-order valence-corrected chi connectivity index (χ2v) is 20.7. The maximum atomic E-state index is 14.1. The van der Waals surface area contributed by atoms with Crippen molar-refractivity contribution in [3.63, 3.8) is 0 Å². The van der Waals surface area contributed by atoms with Crippen molar-refractivity contribution in [2.75, 3.05) is 52.4 Å². The molecule has 0 radical (unpaired) electrons. The van der Waals surface area contributed by atoms with Crippen LogP contribution in [0.5, 0.6) is 0 Å². The van der Waals surface area contributed by atoms with Gasteiger partial charge in [-0.3, -0.25) is 9.80 Å². The summed E-state index contributed by atoms with van der Waals surface area (Å²) >= 11 is 0. The zero-order chi connectivity index (χ0) is 35.1. The molecule has 8 heterocycles. The van der Waals surface area contributed by atoms with Gasteiger partial charge in [-0.2, -0.15) is 13.2 Å². The van der Waals surface area contributed by atoms with Gasteiger partial charge in [-0.25, -0.2) is 0 Å². The van der Waals surface area contributed by atoms with Crippen molar-refractivity contribution in [3.05, 3.63) is 0 Å². The molecule has 0 aromatic carbocycles. The monoisotopic (exact) mass is 703 g/mol. The Balaban J connectivity index is 1.09. The standard InChI is InChI=1S/C43H73F3N4/c1-31(32(2)47-25-17-41(18-26-47)11-6-7-12-41)37(50-27-19-42(20-28-50)13-8-14-42)36-30-39(4)29-35(38(36)49-21-9-34(39)10-22-49)33(3)48-23-15-40(5,16-24-48)43(44,45)46/h31-38H,6-30H2,1-5H3. The van der Waals surface area contributed by atoms with Crippen LogP contribution in [0.25, 0.3) is 0 Å². The first-order chi connectivity index (χ1) is 23.7. The number of rotatable bonds is 7. The van der Waals surface area contributed by atoms with E-state index in [1.54, 1.807) is 0 Å². The molecule has 2 spiro atoms. The number of alkyl halides is 3. The van der Waals surface area contributed by atoms with Gasteiger partial charge in [0.05, 0.1) is 5.41 Å². The van der Waals surface area contributed by atoms with E-state index < -0.39 is 11.6 Å². The second kappa shape index (κ2) is 13.4. The molecule has 8 aliphatic heterocycles. The predicted molar refractivity (Wildman–Crippen MR) is 198 cm³/mol. The van der Waals surface area contributed by atoms with Gasteiger partial charge in [-0.05, 0) is 196 Å². The van der Waals surface area contributed by atoms with Gasteiger partial charge in [0, 0.05) is 24.2 Å². The van der Waals surface area contributed by atoms with Crippen LogP contribution in [-0.2, 0) is 0 Å². The van der Waals surface area contributed by atoms with Crippen LogP contribution < -0.4 is 0 Å². The molecule has 11 rings (SSSR count). The maximum Gasteiger partial charge on any atom is 0.394 e. The van der Waals surface area contributed by atoms with Gasteiger partial charge in [-0.1, -0.05) is 40.0 Å². The lowest BCUT2D eigenvalue weighted by atomic mass is 9.51. The molecule has 3 aliphatic carbocycles. The quantitative estimate of drug-likeness (QED) is 0.262. The number of piperidine rings is 4. The molecule has 3 saturated carbocycles. The fraction of sp³-hybridized carbons (Fsp3) is 1.00. The Morgan fingerprint density at radius 1 is 0.580 bits per heavy atom. The molecule has 8 saturated heterocycles. The molecule has 0 N–H and O–H groups in total. The molecule has 4 nitrogen and oxygen atoms in total. The molecule has 7 heteroatoms. The number of hydrogen-bond acceptors (Lipinski definition) is 4. The molecular formula is C43H73F3N4. The van der Waals surface area contributed by atoms with Crippen molar-refractivity contribution in [2.45, 2.75) is 174 Å². The first-order valence-electron chi connectivity index (χ1n) is 21.8. The zero-order valence-electron chi connectivity index (χ0n) is 32.7. The van der Waals surface area contributed by atoms with Crippen LogP contribution in [0.1, 0.15) is 144 Å². The summed E-state index contributed by atoms with van der Waals surface area (Å²) in [5, 5.41) is 0. The fourth-order valence-corrected chi connectivity index (χ4v) is 14.4. The van der Waals surface area contributed by atoms with Gasteiger partial charge < -0.3 is 9.80 Å². The number of nitrogens with zero attached hydrogens (tertiary/aromatic N) is 4. The van der Waals surface area contributed by atoms with Crippen molar-refractivity contribution < 1.29 is 13.2 Å². The number of likely N-dealkylation sites (tertiary alicyclic amines) is 3. The Morgan fingerprint density at radius 2 is 1.08 bits per heavy atom. The lowest BCUT2D eigenvalue weighted by Crippen LogP contribution is -2.68. The van der Waals surface area contributed by atoms with Crippen LogP contribution in [0.15, 0.2) is 0 Å². The van der Waals surface area contributed by atoms with E-state index in [1.807, 2.05) is 0 Å². The molecule has 11 fully saturated rings. The highest BCUT2D eigenvalue weighted by atomic mass is 19.4. The average molecular weight is 703 g/mol. The third kappa shape index (κ3) is 6.36. The highest BCUT2D eigenvalue weighted by molar-refractivity contribution is 5.11. The topological polar surface area (TPSA) is 13.0 Å². The third-order valence-corrected chi connectivity index (χ3v) is 18.5. The molecule has 0 aromatic rings. The van der Waals surface area contributed by atoms with Gasteiger partial charge in [0.15, 0.2) is 0 Å². The summed E-state index contributed by atoms with van der Waals surface area (Å²) < 4.78 is 42.3. The van der Waals surface area contributed by atoms with Crippen LogP contribution in [-0.4, -0.2) is 102 Å². The lowest BCUT2D eigenvalue weighted by molar-refractivity contribution is -0.233. The molecule has 0 aromatic heterocycles. The highest BCUT2D eigenvalue weighted by Gasteiger charge is 2.59. The van der Waals surface area contributed by atoms with E-state index in [0.29, 0.717) is 71.3 Å². The molecule has 4 bridgehead atoms. The van der Waals surface area contributed by atoms with Crippen LogP contribution >= 0.6 is 0 Å². The Kier molecular flexibility index (Phi) is 9.83. The van der Waals surface area contributed by atoms with E-state index in [-0.39, 0.29) is 12.8 Å². The predicted octanol–water partition coefficient (Wildman–Crippen LogP) is 9.48. The van der Waals surface area contributed by atoms with Gasteiger partial charge in [0.2, 0.25) is 0 Å².